The minimum atomic E-state index is -0.487. The first-order valence-corrected chi connectivity index (χ1v) is 11.6. The van der Waals surface area contributed by atoms with E-state index in [1.807, 2.05) is 0 Å². The molecule has 2 aromatic rings. The molecule has 0 unspecified atom stereocenters. The number of carbonyl (C=O) groups excluding carboxylic acids is 3. The molecule has 3 amide bonds. The second-order valence-electron chi connectivity index (χ2n) is 7.08. The molecule has 0 aliphatic rings. The van der Waals surface area contributed by atoms with Gasteiger partial charge in [0.15, 0.2) is 0 Å². The molecule has 0 atom stereocenters. The number of hydrogen-bond acceptors (Lipinski definition) is 4. The Bertz CT molecular complexity index is 939. The molecule has 2 aromatic carbocycles. The fourth-order valence-corrected chi connectivity index (χ4v) is 3.41. The molecule has 0 aliphatic carbocycles. The van der Waals surface area contributed by atoms with Crippen molar-refractivity contribution in [1.82, 2.24) is 10.9 Å². The van der Waals surface area contributed by atoms with Gasteiger partial charge in [0.1, 0.15) is 5.75 Å². The van der Waals surface area contributed by atoms with Crippen LogP contribution in [0, 0.1) is 0 Å². The maximum absolute atomic E-state index is 12.3. The highest BCUT2D eigenvalue weighted by Crippen LogP contribution is 2.26. The molecular weight excluding hydrogens is 498 g/mol. The minimum absolute atomic E-state index is 0.0528. The number of nitrogens with one attached hydrogen (secondary N) is 3. The van der Waals surface area contributed by atoms with Gasteiger partial charge in [-0.05, 0) is 52.7 Å². The Balaban J connectivity index is 1.73. The fraction of sp³-hybridized carbons (Fsp3) is 0.348. The lowest BCUT2D eigenvalue weighted by Gasteiger charge is -2.11. The number of amides is 3. The summed E-state index contributed by atoms with van der Waals surface area (Å²) < 4.78 is 6.38. The summed E-state index contributed by atoms with van der Waals surface area (Å²) in [6, 6.07) is 11.8. The van der Waals surface area contributed by atoms with Crippen LogP contribution in [-0.2, 0) is 9.59 Å². The van der Waals surface area contributed by atoms with Gasteiger partial charge in [0.05, 0.1) is 21.8 Å². The van der Waals surface area contributed by atoms with E-state index < -0.39 is 11.8 Å². The minimum Gasteiger partial charge on any atom is -0.492 e. The van der Waals surface area contributed by atoms with E-state index in [9.17, 15) is 14.4 Å². The predicted octanol–water partition coefficient (Wildman–Crippen LogP) is 5.24. The average Bonchev–Trinajstić information content (AvgIpc) is 2.78. The van der Waals surface area contributed by atoms with Gasteiger partial charge in [-0.15, -0.1) is 0 Å². The van der Waals surface area contributed by atoms with E-state index >= 15 is 0 Å². The molecule has 32 heavy (non-hydrogen) atoms. The van der Waals surface area contributed by atoms with E-state index in [1.165, 1.54) is 12.8 Å². The van der Waals surface area contributed by atoms with Crippen LogP contribution in [0.4, 0.5) is 5.69 Å². The summed E-state index contributed by atoms with van der Waals surface area (Å²) in [6.07, 6.45) is 4.30. The fourth-order valence-electron chi connectivity index (χ4n) is 2.73. The van der Waals surface area contributed by atoms with Crippen molar-refractivity contribution in [2.75, 3.05) is 11.9 Å². The van der Waals surface area contributed by atoms with Crippen LogP contribution in [0.2, 0.25) is 5.02 Å². The zero-order chi connectivity index (χ0) is 23.3. The number of halogens is 2. The second-order valence-corrected chi connectivity index (χ2v) is 8.35. The Hall–Kier alpha value is -2.58. The van der Waals surface area contributed by atoms with Gasteiger partial charge in [-0.1, -0.05) is 49.9 Å². The maximum atomic E-state index is 12.3. The number of hydrazine groups is 1. The van der Waals surface area contributed by atoms with Crippen molar-refractivity contribution in [2.24, 2.45) is 0 Å². The van der Waals surface area contributed by atoms with Gasteiger partial charge in [-0.3, -0.25) is 25.2 Å². The lowest BCUT2D eigenvalue weighted by atomic mass is 10.2. The van der Waals surface area contributed by atoms with Crippen molar-refractivity contribution in [2.45, 2.75) is 45.4 Å². The number of anilines is 1. The lowest BCUT2D eigenvalue weighted by molar-refractivity contribution is -0.124. The van der Waals surface area contributed by atoms with Gasteiger partial charge in [0.2, 0.25) is 11.8 Å². The van der Waals surface area contributed by atoms with Crippen LogP contribution in [0.3, 0.4) is 0 Å². The summed E-state index contributed by atoms with van der Waals surface area (Å²) in [5.74, 6) is -0.659. The molecule has 172 valence electrons. The molecular formula is C23H27BrClN3O4. The molecule has 0 aliphatic heterocycles. The Kier molecular flexibility index (Phi) is 11.0. The number of ether oxygens (including phenoxy) is 1. The zero-order valence-corrected chi connectivity index (χ0v) is 20.2. The van der Waals surface area contributed by atoms with Crippen LogP contribution in [-0.4, -0.2) is 24.3 Å². The quantitative estimate of drug-likeness (QED) is 0.277. The molecule has 0 heterocycles. The highest BCUT2D eigenvalue weighted by molar-refractivity contribution is 9.10. The summed E-state index contributed by atoms with van der Waals surface area (Å²) >= 11 is 9.39. The van der Waals surface area contributed by atoms with Gasteiger partial charge in [-0.25, -0.2) is 0 Å². The maximum Gasteiger partial charge on any atom is 0.269 e. The Morgan fingerprint density at radius 1 is 0.969 bits per heavy atom. The molecule has 0 radical (unpaired) electrons. The van der Waals surface area contributed by atoms with Gasteiger partial charge in [0, 0.05) is 18.4 Å². The number of hydrogen-bond donors (Lipinski definition) is 3. The first kappa shape index (κ1) is 25.7. The van der Waals surface area contributed by atoms with Crippen molar-refractivity contribution >= 4 is 50.9 Å². The average molecular weight is 525 g/mol. The molecule has 0 bridgehead atoms. The third kappa shape index (κ3) is 8.88. The standard InChI is InChI=1S/C23H27BrClN3O4/c1-2-3-4-7-14-32-20-11-10-16(15-17(20)24)23(31)28-27-22(30)13-12-21(29)26-19-9-6-5-8-18(19)25/h5-6,8-11,15H,2-4,7,12-14H2,1H3,(H,26,29)(H,27,30)(H,28,31). The SMILES string of the molecule is CCCCCCOc1ccc(C(=O)NNC(=O)CCC(=O)Nc2ccccc2Cl)cc1Br. The van der Waals surface area contributed by atoms with Crippen LogP contribution in [0.1, 0.15) is 55.8 Å². The van der Waals surface area contributed by atoms with E-state index in [2.05, 4.69) is 39.0 Å². The third-order valence-corrected chi connectivity index (χ3v) is 5.44. The predicted molar refractivity (Wildman–Crippen MR) is 129 cm³/mol. The van der Waals surface area contributed by atoms with Crippen LogP contribution < -0.4 is 20.9 Å². The molecule has 0 saturated carbocycles. The monoisotopic (exact) mass is 523 g/mol. The number of benzene rings is 2. The van der Waals surface area contributed by atoms with Crippen molar-refractivity contribution in [1.29, 1.82) is 0 Å². The highest BCUT2D eigenvalue weighted by Gasteiger charge is 2.12. The summed E-state index contributed by atoms with van der Waals surface area (Å²) in [7, 11) is 0. The Labute approximate surface area is 201 Å². The molecule has 0 spiro atoms. The number of carbonyl (C=O) groups is 3. The number of rotatable bonds is 11. The van der Waals surface area contributed by atoms with E-state index in [0.717, 1.165) is 12.8 Å². The van der Waals surface area contributed by atoms with Gasteiger partial charge < -0.3 is 10.1 Å². The van der Waals surface area contributed by atoms with Crippen molar-refractivity contribution in [3.05, 3.63) is 57.5 Å². The normalized spacial score (nSPS) is 10.3. The van der Waals surface area contributed by atoms with E-state index in [4.69, 9.17) is 16.3 Å². The van der Waals surface area contributed by atoms with Gasteiger partial charge in [-0.2, -0.15) is 0 Å². The van der Waals surface area contributed by atoms with Crippen molar-refractivity contribution < 1.29 is 19.1 Å². The van der Waals surface area contributed by atoms with Crippen molar-refractivity contribution in [3.63, 3.8) is 0 Å². The van der Waals surface area contributed by atoms with E-state index in [0.29, 0.717) is 33.1 Å². The molecule has 0 fully saturated rings. The molecule has 0 aromatic heterocycles. The topological polar surface area (TPSA) is 96.5 Å². The first-order valence-electron chi connectivity index (χ1n) is 10.5. The molecule has 0 saturated heterocycles. The van der Waals surface area contributed by atoms with E-state index in [-0.39, 0.29) is 18.7 Å². The van der Waals surface area contributed by atoms with Crippen LogP contribution in [0.25, 0.3) is 0 Å². The van der Waals surface area contributed by atoms with Crippen molar-refractivity contribution in [3.8, 4) is 5.75 Å². The summed E-state index contributed by atoms with van der Waals surface area (Å²) in [4.78, 5) is 36.2. The molecule has 7 nitrogen and oxygen atoms in total. The van der Waals surface area contributed by atoms with Crippen LogP contribution >= 0.6 is 27.5 Å². The number of para-hydroxylation sites is 1. The van der Waals surface area contributed by atoms with E-state index in [1.54, 1.807) is 42.5 Å². The smallest absolute Gasteiger partial charge is 0.269 e. The third-order valence-electron chi connectivity index (χ3n) is 4.49. The molecule has 9 heteroatoms. The summed E-state index contributed by atoms with van der Waals surface area (Å²) in [5.41, 5.74) is 5.48. The lowest BCUT2D eigenvalue weighted by Crippen LogP contribution is -2.41. The summed E-state index contributed by atoms with van der Waals surface area (Å²) in [6.45, 7) is 2.77. The largest absolute Gasteiger partial charge is 0.492 e. The molecule has 3 N–H and O–H groups in total. The Morgan fingerprint density at radius 2 is 1.72 bits per heavy atom. The van der Waals surface area contributed by atoms with Gasteiger partial charge >= 0.3 is 0 Å². The molecule has 2 rings (SSSR count). The number of unbranched alkanes of at least 4 members (excludes halogenated alkanes) is 3. The highest BCUT2D eigenvalue weighted by atomic mass is 79.9. The second kappa shape index (κ2) is 13.8. The van der Waals surface area contributed by atoms with Crippen LogP contribution in [0.15, 0.2) is 46.9 Å². The summed E-state index contributed by atoms with van der Waals surface area (Å²) in [5, 5.41) is 3.05. The first-order chi connectivity index (χ1) is 15.4. The zero-order valence-electron chi connectivity index (χ0n) is 17.9. The van der Waals surface area contributed by atoms with Crippen LogP contribution in [0.5, 0.6) is 5.75 Å². The Morgan fingerprint density at radius 3 is 2.44 bits per heavy atom. The van der Waals surface area contributed by atoms with Gasteiger partial charge in [0.25, 0.3) is 5.91 Å².